The number of carbonyl (C=O) groups is 1. The molecule has 2 rings (SSSR count). The van der Waals surface area contributed by atoms with Gasteiger partial charge in [0.15, 0.2) is 0 Å². The van der Waals surface area contributed by atoms with Crippen LogP contribution in [0.2, 0.25) is 0 Å². The normalized spacial score (nSPS) is 10.2. The molecule has 2 aromatic rings. The standard InChI is InChI=1S/C14H17N3O2S/c1-19-7-6-15-13-5-4-11(10-16-13)17-14(18)9-12-3-2-8-20-12/h2-5,8,10H,6-7,9H2,1H3,(H,15,16)(H,17,18). The van der Waals surface area contributed by atoms with Crippen molar-refractivity contribution in [2.24, 2.45) is 0 Å². The Kier molecular flexibility index (Phi) is 5.52. The molecule has 0 aromatic carbocycles. The molecule has 2 heterocycles. The average Bonchev–Trinajstić information content (AvgIpc) is 2.94. The zero-order chi connectivity index (χ0) is 14.2. The molecule has 2 aromatic heterocycles. The highest BCUT2D eigenvalue weighted by molar-refractivity contribution is 7.10. The number of pyridine rings is 1. The molecule has 0 saturated heterocycles. The molecule has 0 aliphatic carbocycles. The number of rotatable bonds is 7. The summed E-state index contributed by atoms with van der Waals surface area (Å²) in [5.74, 6) is 0.729. The number of ether oxygens (including phenoxy) is 1. The number of nitrogens with one attached hydrogen (secondary N) is 2. The van der Waals surface area contributed by atoms with E-state index in [4.69, 9.17) is 4.74 Å². The summed E-state index contributed by atoms with van der Waals surface area (Å²) in [4.78, 5) is 17.1. The van der Waals surface area contributed by atoms with Crippen LogP contribution < -0.4 is 10.6 Å². The number of nitrogens with zero attached hydrogens (tertiary/aromatic N) is 1. The Morgan fingerprint density at radius 1 is 1.40 bits per heavy atom. The summed E-state index contributed by atoms with van der Waals surface area (Å²) in [5, 5.41) is 7.91. The lowest BCUT2D eigenvalue weighted by Gasteiger charge is -2.07. The van der Waals surface area contributed by atoms with Gasteiger partial charge in [-0.3, -0.25) is 4.79 Å². The molecular formula is C14H17N3O2S. The highest BCUT2D eigenvalue weighted by atomic mass is 32.1. The summed E-state index contributed by atoms with van der Waals surface area (Å²) in [6, 6.07) is 7.55. The lowest BCUT2D eigenvalue weighted by atomic mass is 10.3. The first-order chi connectivity index (χ1) is 9.78. The fourth-order valence-corrected chi connectivity index (χ4v) is 2.33. The van der Waals surface area contributed by atoms with E-state index in [1.165, 1.54) is 0 Å². The van der Waals surface area contributed by atoms with Gasteiger partial charge >= 0.3 is 0 Å². The Hall–Kier alpha value is -1.92. The van der Waals surface area contributed by atoms with E-state index in [-0.39, 0.29) is 5.91 Å². The molecule has 0 atom stereocenters. The van der Waals surface area contributed by atoms with E-state index in [2.05, 4.69) is 15.6 Å². The molecule has 6 heteroatoms. The molecule has 20 heavy (non-hydrogen) atoms. The third-order valence-electron chi connectivity index (χ3n) is 2.57. The molecule has 0 bridgehead atoms. The molecule has 0 aliphatic heterocycles. The maximum Gasteiger partial charge on any atom is 0.229 e. The second-order valence-electron chi connectivity index (χ2n) is 4.16. The highest BCUT2D eigenvalue weighted by Crippen LogP contribution is 2.12. The largest absolute Gasteiger partial charge is 0.383 e. The van der Waals surface area contributed by atoms with Crippen LogP contribution in [-0.2, 0) is 16.0 Å². The SMILES string of the molecule is COCCNc1ccc(NC(=O)Cc2cccs2)cn1. The average molecular weight is 291 g/mol. The van der Waals surface area contributed by atoms with Crippen molar-refractivity contribution in [1.82, 2.24) is 4.98 Å². The Morgan fingerprint density at radius 3 is 2.95 bits per heavy atom. The van der Waals surface area contributed by atoms with Gasteiger partial charge in [0, 0.05) is 18.5 Å². The highest BCUT2D eigenvalue weighted by Gasteiger charge is 2.05. The zero-order valence-electron chi connectivity index (χ0n) is 11.3. The number of hydrogen-bond donors (Lipinski definition) is 2. The molecule has 0 radical (unpaired) electrons. The van der Waals surface area contributed by atoms with Crippen LogP contribution in [0.5, 0.6) is 0 Å². The predicted octanol–water partition coefficient (Wildman–Crippen LogP) is 2.38. The number of thiophene rings is 1. The quantitative estimate of drug-likeness (QED) is 0.769. The van der Waals surface area contributed by atoms with Gasteiger partial charge in [-0.05, 0) is 23.6 Å². The third kappa shape index (κ3) is 4.64. The summed E-state index contributed by atoms with van der Waals surface area (Å²) in [5.41, 5.74) is 0.698. The lowest BCUT2D eigenvalue weighted by molar-refractivity contribution is -0.115. The van der Waals surface area contributed by atoms with E-state index < -0.39 is 0 Å². The number of hydrogen-bond acceptors (Lipinski definition) is 5. The number of carbonyl (C=O) groups excluding carboxylic acids is 1. The number of anilines is 2. The van der Waals surface area contributed by atoms with Gasteiger partial charge in [0.1, 0.15) is 5.82 Å². The summed E-state index contributed by atoms with van der Waals surface area (Å²) >= 11 is 1.58. The minimum Gasteiger partial charge on any atom is -0.383 e. The fraction of sp³-hybridized carbons (Fsp3) is 0.286. The smallest absolute Gasteiger partial charge is 0.229 e. The van der Waals surface area contributed by atoms with Crippen molar-refractivity contribution in [3.8, 4) is 0 Å². The van der Waals surface area contributed by atoms with Gasteiger partial charge < -0.3 is 15.4 Å². The van der Waals surface area contributed by atoms with Crippen LogP contribution in [0.4, 0.5) is 11.5 Å². The van der Waals surface area contributed by atoms with Crippen molar-refractivity contribution in [3.05, 3.63) is 40.7 Å². The first kappa shape index (κ1) is 14.5. The maximum absolute atomic E-state index is 11.8. The number of amides is 1. The van der Waals surface area contributed by atoms with E-state index in [1.54, 1.807) is 24.6 Å². The second-order valence-corrected chi connectivity index (χ2v) is 5.19. The Labute approximate surface area is 122 Å². The van der Waals surface area contributed by atoms with Gasteiger partial charge in [0.05, 0.1) is 24.9 Å². The molecule has 106 valence electrons. The third-order valence-corrected chi connectivity index (χ3v) is 3.45. The Bertz CT molecular complexity index is 526. The van der Waals surface area contributed by atoms with Crippen LogP contribution in [0.3, 0.4) is 0 Å². The van der Waals surface area contributed by atoms with E-state index in [1.807, 2.05) is 29.6 Å². The van der Waals surface area contributed by atoms with Gasteiger partial charge in [0.25, 0.3) is 0 Å². The van der Waals surface area contributed by atoms with Crippen LogP contribution in [0.1, 0.15) is 4.88 Å². The molecule has 0 fully saturated rings. The molecule has 2 N–H and O–H groups in total. The molecule has 5 nitrogen and oxygen atoms in total. The van der Waals surface area contributed by atoms with Crippen LogP contribution in [0.25, 0.3) is 0 Å². The van der Waals surface area contributed by atoms with Gasteiger partial charge in [-0.2, -0.15) is 0 Å². The zero-order valence-corrected chi connectivity index (χ0v) is 12.1. The van der Waals surface area contributed by atoms with Gasteiger partial charge in [-0.15, -0.1) is 11.3 Å². The van der Waals surface area contributed by atoms with Crippen LogP contribution in [0, 0.1) is 0 Å². The molecule has 1 amide bonds. The Balaban J connectivity index is 1.82. The summed E-state index contributed by atoms with van der Waals surface area (Å²) in [6.45, 7) is 1.33. The van der Waals surface area contributed by atoms with Gasteiger partial charge in [-0.1, -0.05) is 6.07 Å². The summed E-state index contributed by atoms with van der Waals surface area (Å²) < 4.78 is 4.94. The molecule has 0 saturated carbocycles. The van der Waals surface area contributed by atoms with Crippen molar-refractivity contribution in [2.45, 2.75) is 6.42 Å². The first-order valence-electron chi connectivity index (χ1n) is 6.29. The fourth-order valence-electron chi connectivity index (χ4n) is 1.63. The minimum atomic E-state index is -0.0330. The van der Waals surface area contributed by atoms with E-state index in [0.29, 0.717) is 25.3 Å². The number of aromatic nitrogens is 1. The van der Waals surface area contributed by atoms with Crippen molar-refractivity contribution in [2.75, 3.05) is 30.9 Å². The first-order valence-corrected chi connectivity index (χ1v) is 7.17. The maximum atomic E-state index is 11.8. The lowest BCUT2D eigenvalue weighted by Crippen LogP contribution is -2.14. The summed E-state index contributed by atoms with van der Waals surface area (Å²) in [7, 11) is 1.65. The number of methoxy groups -OCH3 is 1. The summed E-state index contributed by atoms with van der Waals surface area (Å²) in [6.07, 6.45) is 2.03. The van der Waals surface area contributed by atoms with Crippen LogP contribution in [0.15, 0.2) is 35.8 Å². The topological polar surface area (TPSA) is 63.2 Å². The van der Waals surface area contributed by atoms with Crippen molar-refractivity contribution in [1.29, 1.82) is 0 Å². The van der Waals surface area contributed by atoms with E-state index in [9.17, 15) is 4.79 Å². The van der Waals surface area contributed by atoms with Crippen molar-refractivity contribution in [3.63, 3.8) is 0 Å². The van der Waals surface area contributed by atoms with Crippen LogP contribution >= 0.6 is 11.3 Å². The second kappa shape index (κ2) is 7.62. The molecular weight excluding hydrogens is 274 g/mol. The molecule has 0 aliphatic rings. The van der Waals surface area contributed by atoms with Crippen molar-refractivity contribution >= 4 is 28.7 Å². The van der Waals surface area contributed by atoms with Gasteiger partial charge in [0.2, 0.25) is 5.91 Å². The minimum absolute atomic E-state index is 0.0330. The van der Waals surface area contributed by atoms with E-state index in [0.717, 1.165) is 10.7 Å². The van der Waals surface area contributed by atoms with E-state index >= 15 is 0 Å². The van der Waals surface area contributed by atoms with Gasteiger partial charge in [-0.25, -0.2) is 4.98 Å². The monoisotopic (exact) mass is 291 g/mol. The van der Waals surface area contributed by atoms with Crippen LogP contribution in [-0.4, -0.2) is 31.2 Å². The predicted molar refractivity (Wildman–Crippen MR) is 81.3 cm³/mol. The molecule has 0 spiro atoms. The molecule has 0 unspecified atom stereocenters. The Morgan fingerprint density at radius 2 is 2.30 bits per heavy atom. The van der Waals surface area contributed by atoms with Crippen molar-refractivity contribution < 1.29 is 9.53 Å².